The maximum absolute atomic E-state index is 5.20. The molecule has 0 saturated heterocycles. The summed E-state index contributed by atoms with van der Waals surface area (Å²) in [6.07, 6.45) is 1.67. The van der Waals surface area contributed by atoms with Gasteiger partial charge in [0.25, 0.3) is 0 Å². The largest absolute Gasteiger partial charge is 0.497 e. The monoisotopic (exact) mass is 334 g/mol. The summed E-state index contributed by atoms with van der Waals surface area (Å²) < 4.78 is 6.92. The highest BCUT2D eigenvalue weighted by molar-refractivity contribution is 5.64. The molecular weight excluding hydrogens is 312 g/mol. The molecule has 0 amide bonds. The molecule has 0 spiro atoms. The molecule has 1 aromatic heterocycles. The van der Waals surface area contributed by atoms with Gasteiger partial charge in [-0.3, -0.25) is 0 Å². The van der Waals surface area contributed by atoms with Crippen LogP contribution in [0.3, 0.4) is 0 Å². The minimum Gasteiger partial charge on any atom is -0.497 e. The first-order valence-corrected chi connectivity index (χ1v) is 8.08. The molecule has 128 valence electrons. The fourth-order valence-electron chi connectivity index (χ4n) is 2.68. The van der Waals surface area contributed by atoms with Gasteiger partial charge in [0.15, 0.2) is 11.6 Å². The van der Waals surface area contributed by atoms with Crippen LogP contribution >= 0.6 is 0 Å². The zero-order valence-electron chi connectivity index (χ0n) is 14.8. The van der Waals surface area contributed by atoms with Crippen LogP contribution in [0.1, 0.15) is 5.56 Å². The van der Waals surface area contributed by atoms with Gasteiger partial charge in [0.2, 0.25) is 0 Å². The Labute approximate surface area is 148 Å². The fourth-order valence-corrected chi connectivity index (χ4v) is 2.68. The third kappa shape index (κ3) is 3.78. The van der Waals surface area contributed by atoms with E-state index in [1.165, 1.54) is 5.56 Å². The molecule has 0 fully saturated rings. The number of benzene rings is 2. The quantitative estimate of drug-likeness (QED) is 0.688. The van der Waals surface area contributed by atoms with Crippen molar-refractivity contribution >= 4 is 6.20 Å². The molecule has 0 aliphatic carbocycles. The van der Waals surface area contributed by atoms with Crippen molar-refractivity contribution in [3.8, 4) is 28.5 Å². The lowest BCUT2D eigenvalue weighted by molar-refractivity contribution is 0.402. The summed E-state index contributed by atoms with van der Waals surface area (Å²) in [5.74, 6) is 2.25. The van der Waals surface area contributed by atoms with E-state index in [-0.39, 0.29) is 0 Å². The Morgan fingerprint density at radius 3 is 2.52 bits per heavy atom. The van der Waals surface area contributed by atoms with Crippen LogP contribution in [0.2, 0.25) is 0 Å². The van der Waals surface area contributed by atoms with Gasteiger partial charge in [0.05, 0.1) is 7.11 Å². The molecule has 0 bridgehead atoms. The maximum atomic E-state index is 5.20. The molecule has 3 rings (SSSR count). The molecule has 0 atom stereocenters. The van der Waals surface area contributed by atoms with Crippen LogP contribution in [0.25, 0.3) is 29.0 Å². The topological polar surface area (TPSA) is 43.2 Å². The molecule has 2 aromatic carbocycles. The van der Waals surface area contributed by atoms with E-state index in [9.17, 15) is 0 Å². The molecule has 0 radical (unpaired) electrons. The normalized spacial score (nSPS) is 10.9. The van der Waals surface area contributed by atoms with Crippen LogP contribution in [-0.2, 0) is 6.54 Å². The highest BCUT2D eigenvalue weighted by Crippen LogP contribution is 2.25. The molecule has 1 heterocycles. The third-order valence-corrected chi connectivity index (χ3v) is 3.84. The molecule has 0 aliphatic rings. The summed E-state index contributed by atoms with van der Waals surface area (Å²) in [6.45, 7) is 4.73. The van der Waals surface area contributed by atoms with Crippen molar-refractivity contribution in [2.45, 2.75) is 6.54 Å². The van der Waals surface area contributed by atoms with Crippen molar-refractivity contribution in [3.05, 3.63) is 60.7 Å². The number of ether oxygens (including phenoxy) is 1. The number of aromatic nitrogens is 3. The second-order valence-electron chi connectivity index (χ2n) is 6.05. The molecule has 25 heavy (non-hydrogen) atoms. The highest BCUT2D eigenvalue weighted by Gasteiger charge is 2.12. The van der Waals surface area contributed by atoms with E-state index in [4.69, 9.17) is 9.72 Å². The Kier molecular flexibility index (Phi) is 4.95. The lowest BCUT2D eigenvalue weighted by Gasteiger charge is -2.10. The molecule has 0 N–H and O–H groups in total. The van der Waals surface area contributed by atoms with E-state index in [0.29, 0.717) is 5.82 Å². The molecular formula is C20H22N4O. The van der Waals surface area contributed by atoms with Crippen LogP contribution in [-0.4, -0.2) is 40.9 Å². The number of methoxy groups -OCH3 is 1. The summed E-state index contributed by atoms with van der Waals surface area (Å²) in [7, 11) is 5.76. The standard InChI is InChI=1S/C20H22N4O/c1-5-24-20(17-8-6-7-15(13-17)14-23(2)3)21-19(22-24)16-9-11-18(25-4)12-10-16/h5-13H,1,14H2,2-4H3. The van der Waals surface area contributed by atoms with Gasteiger partial charge >= 0.3 is 0 Å². The van der Waals surface area contributed by atoms with Gasteiger partial charge in [-0.05, 0) is 50.0 Å². The van der Waals surface area contributed by atoms with Gasteiger partial charge in [-0.2, -0.15) is 0 Å². The average Bonchev–Trinajstić information content (AvgIpc) is 3.06. The number of hydrogen-bond donors (Lipinski definition) is 0. The zero-order chi connectivity index (χ0) is 17.8. The minimum absolute atomic E-state index is 0.663. The summed E-state index contributed by atoms with van der Waals surface area (Å²) in [5.41, 5.74) is 3.19. The Balaban J connectivity index is 1.99. The van der Waals surface area contributed by atoms with Crippen molar-refractivity contribution < 1.29 is 4.74 Å². The van der Waals surface area contributed by atoms with E-state index in [2.05, 4.69) is 42.8 Å². The molecule has 0 saturated carbocycles. The molecule has 3 aromatic rings. The van der Waals surface area contributed by atoms with Gasteiger partial charge in [0.1, 0.15) is 5.75 Å². The first-order valence-electron chi connectivity index (χ1n) is 8.08. The third-order valence-electron chi connectivity index (χ3n) is 3.84. The second kappa shape index (κ2) is 7.32. The van der Waals surface area contributed by atoms with Crippen molar-refractivity contribution in [2.24, 2.45) is 0 Å². The predicted molar refractivity (Wildman–Crippen MR) is 101 cm³/mol. The number of rotatable bonds is 6. The fraction of sp³-hybridized carbons (Fsp3) is 0.200. The SMILES string of the molecule is C=Cn1nc(-c2ccc(OC)cc2)nc1-c1cccc(CN(C)C)c1. The number of hydrogen-bond acceptors (Lipinski definition) is 4. The summed E-state index contributed by atoms with van der Waals surface area (Å²) in [5, 5.41) is 4.56. The van der Waals surface area contributed by atoms with Gasteiger partial charge in [0, 0.05) is 23.9 Å². The zero-order valence-corrected chi connectivity index (χ0v) is 14.8. The molecule has 5 heteroatoms. The van der Waals surface area contributed by atoms with Gasteiger partial charge in [-0.15, -0.1) is 5.10 Å². The Morgan fingerprint density at radius 1 is 1.12 bits per heavy atom. The van der Waals surface area contributed by atoms with Crippen LogP contribution < -0.4 is 4.74 Å². The second-order valence-corrected chi connectivity index (χ2v) is 6.05. The Morgan fingerprint density at radius 2 is 1.88 bits per heavy atom. The molecule has 0 unspecified atom stereocenters. The predicted octanol–water partition coefficient (Wildman–Crippen LogP) is 3.78. The maximum Gasteiger partial charge on any atom is 0.182 e. The number of nitrogens with zero attached hydrogens (tertiary/aromatic N) is 4. The van der Waals surface area contributed by atoms with Crippen molar-refractivity contribution in [1.29, 1.82) is 0 Å². The first-order chi connectivity index (χ1) is 12.1. The Hall–Kier alpha value is -2.92. The smallest absolute Gasteiger partial charge is 0.182 e. The van der Waals surface area contributed by atoms with Crippen LogP contribution in [0.4, 0.5) is 0 Å². The van der Waals surface area contributed by atoms with Gasteiger partial charge < -0.3 is 9.64 Å². The minimum atomic E-state index is 0.663. The van der Waals surface area contributed by atoms with E-state index in [1.807, 2.05) is 36.4 Å². The van der Waals surface area contributed by atoms with Crippen LogP contribution in [0.5, 0.6) is 5.75 Å². The van der Waals surface area contributed by atoms with Crippen molar-refractivity contribution in [3.63, 3.8) is 0 Å². The first kappa shape index (κ1) is 16.9. The van der Waals surface area contributed by atoms with Crippen LogP contribution in [0, 0.1) is 0 Å². The van der Waals surface area contributed by atoms with Crippen molar-refractivity contribution in [2.75, 3.05) is 21.2 Å². The van der Waals surface area contributed by atoms with Gasteiger partial charge in [-0.1, -0.05) is 24.8 Å². The van der Waals surface area contributed by atoms with E-state index in [0.717, 1.165) is 29.2 Å². The van der Waals surface area contributed by atoms with E-state index in [1.54, 1.807) is 18.0 Å². The Bertz CT molecular complexity index is 866. The van der Waals surface area contributed by atoms with Gasteiger partial charge in [-0.25, -0.2) is 9.67 Å². The van der Waals surface area contributed by atoms with E-state index < -0.39 is 0 Å². The molecule has 5 nitrogen and oxygen atoms in total. The van der Waals surface area contributed by atoms with Crippen molar-refractivity contribution in [1.82, 2.24) is 19.7 Å². The average molecular weight is 334 g/mol. The summed E-state index contributed by atoms with van der Waals surface area (Å²) >= 11 is 0. The molecule has 0 aliphatic heterocycles. The lowest BCUT2D eigenvalue weighted by Crippen LogP contribution is -2.10. The lowest BCUT2D eigenvalue weighted by atomic mass is 10.1. The summed E-state index contributed by atoms with van der Waals surface area (Å²) in [4.78, 5) is 6.86. The highest BCUT2D eigenvalue weighted by atomic mass is 16.5. The summed E-state index contributed by atoms with van der Waals surface area (Å²) in [6, 6.07) is 16.1. The van der Waals surface area contributed by atoms with Crippen LogP contribution in [0.15, 0.2) is 55.1 Å². The van der Waals surface area contributed by atoms with E-state index >= 15 is 0 Å².